The lowest BCUT2D eigenvalue weighted by atomic mass is 9.94. The van der Waals surface area contributed by atoms with Crippen LogP contribution in [0.25, 0.3) is 0 Å². The van der Waals surface area contributed by atoms with Crippen LogP contribution in [0.4, 0.5) is 0 Å². The summed E-state index contributed by atoms with van der Waals surface area (Å²) in [5.74, 6) is -1.36. The third-order valence-electron chi connectivity index (χ3n) is 2.01. The summed E-state index contributed by atoms with van der Waals surface area (Å²) >= 11 is 0. The molecule has 12 heavy (non-hydrogen) atoms. The van der Waals surface area contributed by atoms with Crippen molar-refractivity contribution < 1.29 is 9.59 Å². The molecule has 0 aromatic heterocycles. The summed E-state index contributed by atoms with van der Waals surface area (Å²) in [6.45, 7) is 3.96. The largest absolute Gasteiger partial charge is 0.363 e. The third-order valence-corrected chi connectivity index (χ3v) is 2.01. The number of nitrogens with two attached hydrogens (primary N) is 1. The molecule has 0 aromatic carbocycles. The van der Waals surface area contributed by atoms with E-state index >= 15 is 0 Å². The Morgan fingerprint density at radius 1 is 1.33 bits per heavy atom. The van der Waals surface area contributed by atoms with Gasteiger partial charge in [-0.15, -0.1) is 0 Å². The van der Waals surface area contributed by atoms with Gasteiger partial charge in [-0.05, 0) is 12.8 Å². The Hall–Kier alpha value is -0.860. The zero-order chi connectivity index (χ0) is 9.56. The predicted octanol–water partition coefficient (Wildman–Crippen LogP) is 1.26. The van der Waals surface area contributed by atoms with Gasteiger partial charge in [0, 0.05) is 5.92 Å². The molecule has 0 rings (SSSR count). The van der Waals surface area contributed by atoms with Crippen molar-refractivity contribution in [3.8, 4) is 0 Å². The molecule has 3 nitrogen and oxygen atoms in total. The van der Waals surface area contributed by atoms with Crippen molar-refractivity contribution in [1.29, 1.82) is 0 Å². The maximum Gasteiger partial charge on any atom is 0.285 e. The molecule has 0 aliphatic carbocycles. The Labute approximate surface area is 73.3 Å². The van der Waals surface area contributed by atoms with E-state index in [-0.39, 0.29) is 5.92 Å². The number of rotatable bonds is 6. The molecular weight excluding hydrogens is 154 g/mol. The minimum atomic E-state index is -0.794. The lowest BCUT2D eigenvalue weighted by molar-refractivity contribution is -0.138. The second-order valence-electron chi connectivity index (χ2n) is 2.98. The van der Waals surface area contributed by atoms with Crippen LogP contribution >= 0.6 is 0 Å². The van der Waals surface area contributed by atoms with Crippen LogP contribution in [0.1, 0.15) is 39.5 Å². The highest BCUT2D eigenvalue weighted by Crippen LogP contribution is 2.13. The van der Waals surface area contributed by atoms with E-state index in [1.54, 1.807) is 0 Å². The third kappa shape index (κ3) is 3.51. The Balaban J connectivity index is 3.96. The van der Waals surface area contributed by atoms with Gasteiger partial charge in [-0.2, -0.15) is 0 Å². The topological polar surface area (TPSA) is 60.2 Å². The fraction of sp³-hybridized carbons (Fsp3) is 0.778. The number of carbonyl (C=O) groups is 2. The van der Waals surface area contributed by atoms with E-state index in [0.717, 1.165) is 19.3 Å². The molecule has 0 aliphatic rings. The number of amides is 1. The number of Topliss-reactive ketones (excluding diaryl/α,β-unsaturated/α-hetero) is 1. The van der Waals surface area contributed by atoms with Crippen molar-refractivity contribution in [2.75, 3.05) is 0 Å². The predicted molar refractivity (Wildman–Crippen MR) is 47.5 cm³/mol. The van der Waals surface area contributed by atoms with Gasteiger partial charge in [-0.25, -0.2) is 0 Å². The van der Waals surface area contributed by atoms with E-state index < -0.39 is 11.7 Å². The summed E-state index contributed by atoms with van der Waals surface area (Å²) in [4.78, 5) is 21.6. The van der Waals surface area contributed by atoms with Crippen LogP contribution in [0.5, 0.6) is 0 Å². The van der Waals surface area contributed by atoms with Crippen LogP contribution in [-0.4, -0.2) is 11.7 Å². The molecule has 0 radical (unpaired) electrons. The Bertz CT molecular complexity index is 166. The Morgan fingerprint density at radius 3 is 2.25 bits per heavy atom. The van der Waals surface area contributed by atoms with Crippen molar-refractivity contribution in [3.05, 3.63) is 0 Å². The molecule has 0 heterocycles. The second-order valence-corrected chi connectivity index (χ2v) is 2.98. The molecule has 1 amide bonds. The monoisotopic (exact) mass is 171 g/mol. The molecule has 0 aromatic rings. The first-order chi connectivity index (χ1) is 5.63. The molecule has 0 bridgehead atoms. The quantitative estimate of drug-likeness (QED) is 0.611. The smallest absolute Gasteiger partial charge is 0.285 e. The van der Waals surface area contributed by atoms with Crippen LogP contribution in [-0.2, 0) is 9.59 Å². The summed E-state index contributed by atoms with van der Waals surface area (Å²) in [5.41, 5.74) is 4.90. The maximum absolute atomic E-state index is 11.1. The zero-order valence-corrected chi connectivity index (χ0v) is 7.80. The number of ketones is 1. The highest BCUT2D eigenvalue weighted by atomic mass is 16.2. The molecule has 0 aliphatic heterocycles. The molecule has 0 saturated heterocycles. The van der Waals surface area contributed by atoms with Crippen molar-refractivity contribution >= 4 is 11.7 Å². The van der Waals surface area contributed by atoms with Gasteiger partial charge >= 0.3 is 0 Å². The minimum Gasteiger partial charge on any atom is -0.363 e. The SMILES string of the molecule is CCCC[C@H](CC)C(=O)C(N)=O. The molecule has 70 valence electrons. The van der Waals surface area contributed by atoms with Crippen LogP contribution in [0, 0.1) is 5.92 Å². The van der Waals surface area contributed by atoms with Gasteiger partial charge in [-0.1, -0.05) is 26.7 Å². The second kappa shape index (κ2) is 5.75. The molecule has 0 unspecified atom stereocenters. The summed E-state index contributed by atoms with van der Waals surface area (Å²) < 4.78 is 0. The molecule has 0 fully saturated rings. The highest BCUT2D eigenvalue weighted by molar-refractivity contribution is 6.36. The lowest BCUT2D eigenvalue weighted by Crippen LogP contribution is -2.29. The first-order valence-electron chi connectivity index (χ1n) is 4.47. The number of unbranched alkanes of at least 4 members (excludes halogenated alkanes) is 1. The molecule has 2 N–H and O–H groups in total. The number of hydrogen-bond donors (Lipinski definition) is 1. The average molecular weight is 171 g/mol. The van der Waals surface area contributed by atoms with E-state index in [1.807, 2.05) is 6.92 Å². The zero-order valence-electron chi connectivity index (χ0n) is 7.80. The van der Waals surface area contributed by atoms with Crippen molar-refractivity contribution in [2.45, 2.75) is 39.5 Å². The first-order valence-corrected chi connectivity index (χ1v) is 4.47. The highest BCUT2D eigenvalue weighted by Gasteiger charge is 2.20. The normalized spacial score (nSPS) is 12.5. The van der Waals surface area contributed by atoms with Gasteiger partial charge in [0.1, 0.15) is 0 Å². The number of hydrogen-bond acceptors (Lipinski definition) is 2. The standard InChI is InChI=1S/C9H17NO2/c1-3-5-6-7(4-2)8(11)9(10)12/h7H,3-6H2,1-2H3,(H2,10,12)/t7-/m0/s1. The average Bonchev–Trinajstić information content (AvgIpc) is 2.05. The van der Waals surface area contributed by atoms with E-state index in [9.17, 15) is 9.59 Å². The van der Waals surface area contributed by atoms with E-state index in [2.05, 4.69) is 6.92 Å². The van der Waals surface area contributed by atoms with E-state index in [4.69, 9.17) is 5.73 Å². The summed E-state index contributed by atoms with van der Waals surface area (Å²) in [6, 6.07) is 0. The van der Waals surface area contributed by atoms with Crippen LogP contribution < -0.4 is 5.73 Å². The van der Waals surface area contributed by atoms with Gasteiger partial charge < -0.3 is 5.73 Å². The van der Waals surface area contributed by atoms with Gasteiger partial charge in [0.2, 0.25) is 5.78 Å². The minimum absolute atomic E-state index is 0.151. The summed E-state index contributed by atoms with van der Waals surface area (Å²) in [5, 5.41) is 0. The van der Waals surface area contributed by atoms with Gasteiger partial charge in [0.15, 0.2) is 0 Å². The van der Waals surface area contributed by atoms with Crippen LogP contribution in [0.3, 0.4) is 0 Å². The van der Waals surface area contributed by atoms with Gasteiger partial charge in [0.05, 0.1) is 0 Å². The first kappa shape index (κ1) is 11.1. The number of carbonyl (C=O) groups excluding carboxylic acids is 2. The lowest BCUT2D eigenvalue weighted by Gasteiger charge is -2.09. The Kier molecular flexibility index (Phi) is 5.34. The molecular formula is C9H17NO2. The fourth-order valence-electron chi connectivity index (χ4n) is 1.17. The molecule has 3 heteroatoms. The van der Waals surface area contributed by atoms with Crippen molar-refractivity contribution in [1.82, 2.24) is 0 Å². The van der Waals surface area contributed by atoms with Crippen molar-refractivity contribution in [3.63, 3.8) is 0 Å². The van der Waals surface area contributed by atoms with Gasteiger partial charge in [0.25, 0.3) is 5.91 Å². The van der Waals surface area contributed by atoms with Gasteiger partial charge in [-0.3, -0.25) is 9.59 Å². The fourth-order valence-corrected chi connectivity index (χ4v) is 1.17. The number of primary amides is 1. The van der Waals surface area contributed by atoms with Crippen molar-refractivity contribution in [2.24, 2.45) is 11.7 Å². The summed E-state index contributed by atoms with van der Waals surface area (Å²) in [6.07, 6.45) is 3.52. The van der Waals surface area contributed by atoms with Crippen LogP contribution in [0.15, 0.2) is 0 Å². The molecule has 0 saturated carbocycles. The molecule has 1 atom stereocenters. The maximum atomic E-state index is 11.1. The van der Waals surface area contributed by atoms with Crippen LogP contribution in [0.2, 0.25) is 0 Å². The Morgan fingerprint density at radius 2 is 1.92 bits per heavy atom. The molecule has 0 spiro atoms. The van der Waals surface area contributed by atoms with E-state index in [0.29, 0.717) is 6.42 Å². The summed E-state index contributed by atoms with van der Waals surface area (Å²) in [7, 11) is 0. The van der Waals surface area contributed by atoms with E-state index in [1.165, 1.54) is 0 Å².